The lowest BCUT2D eigenvalue weighted by Crippen LogP contribution is -1.99. The van der Waals surface area contributed by atoms with Gasteiger partial charge in [-0.15, -0.1) is 5.10 Å². The van der Waals surface area contributed by atoms with Crippen molar-refractivity contribution in [3.8, 4) is 0 Å². The highest BCUT2D eigenvalue weighted by molar-refractivity contribution is 9.10. The van der Waals surface area contributed by atoms with Crippen molar-refractivity contribution in [2.75, 3.05) is 0 Å². The maximum atomic E-state index is 5.53. The molecule has 0 radical (unpaired) electrons. The number of halogens is 1. The minimum atomic E-state index is 0.482. The molecule has 62 valence electrons. The minimum Gasteiger partial charge on any atom is -0.326 e. The summed E-state index contributed by atoms with van der Waals surface area (Å²) in [6, 6.07) is 3.84. The topological polar surface area (TPSA) is 56.2 Å². The lowest BCUT2D eigenvalue weighted by molar-refractivity contribution is 0.930. The van der Waals surface area contributed by atoms with E-state index in [0.29, 0.717) is 11.3 Å². The molecule has 5 heteroatoms. The van der Waals surface area contributed by atoms with E-state index in [1.54, 1.807) is 4.52 Å². The van der Waals surface area contributed by atoms with Gasteiger partial charge in [-0.3, -0.25) is 0 Å². The highest BCUT2D eigenvalue weighted by Crippen LogP contribution is 2.10. The Bertz CT molecular complexity index is 409. The summed E-state index contributed by atoms with van der Waals surface area (Å²) in [7, 11) is 0. The molecule has 0 aliphatic rings. The third kappa shape index (κ3) is 1.11. The van der Waals surface area contributed by atoms with Crippen LogP contribution in [-0.4, -0.2) is 14.6 Å². The first-order chi connectivity index (χ1) is 5.81. The van der Waals surface area contributed by atoms with Gasteiger partial charge in [-0.05, 0) is 22.0 Å². The number of hydrogen-bond acceptors (Lipinski definition) is 3. The molecule has 2 N–H and O–H groups in total. The molecular weight excluding hydrogens is 220 g/mol. The number of nitrogens with zero attached hydrogens (tertiary/aromatic N) is 3. The summed E-state index contributed by atoms with van der Waals surface area (Å²) >= 11 is 3.20. The molecular formula is C7H7BrN4. The van der Waals surface area contributed by atoms with Gasteiger partial charge in [0, 0.05) is 18.3 Å². The molecule has 12 heavy (non-hydrogen) atoms. The Kier molecular flexibility index (Phi) is 1.82. The molecule has 2 rings (SSSR count). The summed E-state index contributed by atoms with van der Waals surface area (Å²) in [4.78, 5) is 4.17. The van der Waals surface area contributed by atoms with Crippen molar-refractivity contribution in [3.05, 3.63) is 28.6 Å². The summed E-state index contributed by atoms with van der Waals surface area (Å²) in [6.07, 6.45) is 1.84. The van der Waals surface area contributed by atoms with Gasteiger partial charge in [0.1, 0.15) is 0 Å². The highest BCUT2D eigenvalue weighted by Gasteiger charge is 2.03. The number of rotatable bonds is 1. The first-order valence-electron chi connectivity index (χ1n) is 3.51. The SMILES string of the molecule is NCc1cccn2nc(Br)nc12. The van der Waals surface area contributed by atoms with Crippen LogP contribution in [0, 0.1) is 0 Å². The Morgan fingerprint density at radius 2 is 2.42 bits per heavy atom. The Labute approximate surface area is 77.5 Å². The predicted molar refractivity (Wildman–Crippen MR) is 48.6 cm³/mol. The van der Waals surface area contributed by atoms with Crippen LogP contribution in [-0.2, 0) is 6.54 Å². The van der Waals surface area contributed by atoms with E-state index >= 15 is 0 Å². The predicted octanol–water partition coefficient (Wildman–Crippen LogP) is 0.950. The minimum absolute atomic E-state index is 0.482. The fourth-order valence-electron chi connectivity index (χ4n) is 1.09. The van der Waals surface area contributed by atoms with Crippen molar-refractivity contribution in [2.24, 2.45) is 5.73 Å². The summed E-state index contributed by atoms with van der Waals surface area (Å²) < 4.78 is 2.29. The van der Waals surface area contributed by atoms with E-state index in [2.05, 4.69) is 26.0 Å². The molecule has 0 saturated carbocycles. The second kappa shape index (κ2) is 2.84. The molecule has 0 spiro atoms. The van der Waals surface area contributed by atoms with E-state index in [9.17, 15) is 0 Å². The summed E-state index contributed by atoms with van der Waals surface area (Å²) in [5.74, 6) is 0. The van der Waals surface area contributed by atoms with E-state index in [-0.39, 0.29) is 0 Å². The van der Waals surface area contributed by atoms with Crippen molar-refractivity contribution in [1.29, 1.82) is 0 Å². The van der Waals surface area contributed by atoms with E-state index in [0.717, 1.165) is 11.2 Å². The van der Waals surface area contributed by atoms with E-state index < -0.39 is 0 Å². The average Bonchev–Trinajstić information content (AvgIpc) is 2.44. The number of aromatic nitrogens is 3. The molecule has 2 heterocycles. The van der Waals surface area contributed by atoms with E-state index in [1.165, 1.54) is 0 Å². The third-order valence-electron chi connectivity index (χ3n) is 1.64. The number of pyridine rings is 1. The van der Waals surface area contributed by atoms with Gasteiger partial charge >= 0.3 is 0 Å². The quantitative estimate of drug-likeness (QED) is 0.788. The Hall–Kier alpha value is -0.940. The number of fused-ring (bicyclic) bond motifs is 1. The smallest absolute Gasteiger partial charge is 0.218 e. The van der Waals surface area contributed by atoms with Gasteiger partial charge in [0.15, 0.2) is 5.65 Å². The van der Waals surface area contributed by atoms with Gasteiger partial charge in [0.2, 0.25) is 4.73 Å². The van der Waals surface area contributed by atoms with Crippen LogP contribution in [0.15, 0.2) is 23.1 Å². The van der Waals surface area contributed by atoms with Gasteiger partial charge in [-0.2, -0.15) is 0 Å². The summed E-state index contributed by atoms with van der Waals surface area (Å²) in [6.45, 7) is 0.482. The molecule has 0 aliphatic carbocycles. The largest absolute Gasteiger partial charge is 0.326 e. The van der Waals surface area contributed by atoms with Crippen LogP contribution < -0.4 is 5.73 Å². The lowest BCUT2D eigenvalue weighted by Gasteiger charge is -1.96. The summed E-state index contributed by atoms with van der Waals surface area (Å²) in [5.41, 5.74) is 7.34. The van der Waals surface area contributed by atoms with Crippen molar-refractivity contribution in [1.82, 2.24) is 14.6 Å². The fraction of sp³-hybridized carbons (Fsp3) is 0.143. The van der Waals surface area contributed by atoms with Crippen LogP contribution in [0.1, 0.15) is 5.56 Å². The van der Waals surface area contributed by atoms with Gasteiger partial charge < -0.3 is 5.73 Å². The molecule has 4 nitrogen and oxygen atoms in total. The molecule has 0 fully saturated rings. The van der Waals surface area contributed by atoms with Crippen LogP contribution in [0.5, 0.6) is 0 Å². The highest BCUT2D eigenvalue weighted by atomic mass is 79.9. The summed E-state index contributed by atoms with van der Waals surface area (Å²) in [5, 5.41) is 4.09. The Morgan fingerprint density at radius 3 is 3.17 bits per heavy atom. The van der Waals surface area contributed by atoms with Crippen molar-refractivity contribution < 1.29 is 0 Å². The van der Waals surface area contributed by atoms with Gasteiger partial charge in [-0.25, -0.2) is 9.50 Å². The number of hydrogen-bond donors (Lipinski definition) is 1. The lowest BCUT2D eigenvalue weighted by atomic mass is 10.3. The zero-order chi connectivity index (χ0) is 8.55. The van der Waals surface area contributed by atoms with Gasteiger partial charge in [0.05, 0.1) is 0 Å². The third-order valence-corrected chi connectivity index (χ3v) is 1.97. The first kappa shape index (κ1) is 7.70. The van der Waals surface area contributed by atoms with Crippen LogP contribution in [0.3, 0.4) is 0 Å². The molecule has 0 saturated heterocycles. The zero-order valence-corrected chi connectivity index (χ0v) is 7.82. The standard InChI is InChI=1S/C7H7BrN4/c8-7-10-6-5(4-9)2-1-3-12(6)11-7/h1-3H,4,9H2. The molecule has 0 aliphatic heterocycles. The second-order valence-corrected chi connectivity index (χ2v) is 3.10. The van der Waals surface area contributed by atoms with Crippen LogP contribution >= 0.6 is 15.9 Å². The maximum Gasteiger partial charge on any atom is 0.218 e. The molecule has 2 aromatic rings. The molecule has 2 aromatic heterocycles. The van der Waals surface area contributed by atoms with E-state index in [1.807, 2.05) is 18.3 Å². The molecule has 0 bridgehead atoms. The molecule has 0 atom stereocenters. The van der Waals surface area contributed by atoms with Crippen molar-refractivity contribution in [3.63, 3.8) is 0 Å². The van der Waals surface area contributed by atoms with Crippen LogP contribution in [0.2, 0.25) is 0 Å². The fourth-order valence-corrected chi connectivity index (χ4v) is 1.43. The Morgan fingerprint density at radius 1 is 1.58 bits per heavy atom. The number of nitrogens with two attached hydrogens (primary N) is 1. The molecule has 0 amide bonds. The molecule has 0 aromatic carbocycles. The maximum absolute atomic E-state index is 5.53. The first-order valence-corrected chi connectivity index (χ1v) is 4.30. The average molecular weight is 227 g/mol. The molecule has 0 unspecified atom stereocenters. The Balaban J connectivity index is 2.78. The van der Waals surface area contributed by atoms with Crippen LogP contribution in [0.4, 0.5) is 0 Å². The normalized spacial score (nSPS) is 10.8. The second-order valence-electron chi connectivity index (χ2n) is 2.39. The zero-order valence-electron chi connectivity index (χ0n) is 6.24. The van der Waals surface area contributed by atoms with Crippen LogP contribution in [0.25, 0.3) is 5.65 Å². The van der Waals surface area contributed by atoms with Gasteiger partial charge in [-0.1, -0.05) is 6.07 Å². The van der Waals surface area contributed by atoms with Gasteiger partial charge in [0.25, 0.3) is 0 Å². The monoisotopic (exact) mass is 226 g/mol. The van der Waals surface area contributed by atoms with Crippen molar-refractivity contribution in [2.45, 2.75) is 6.54 Å². The van der Waals surface area contributed by atoms with Crippen molar-refractivity contribution >= 4 is 21.6 Å². The van der Waals surface area contributed by atoms with E-state index in [4.69, 9.17) is 5.73 Å².